The van der Waals surface area contributed by atoms with Crippen LogP contribution in [0.2, 0.25) is 10.0 Å². The Bertz CT molecular complexity index is 384. The lowest BCUT2D eigenvalue weighted by Gasteiger charge is -2.32. The fourth-order valence-electron chi connectivity index (χ4n) is 2.66. The molecule has 20 heavy (non-hydrogen) atoms. The smallest absolute Gasteiger partial charge is 0.0424 e. The Morgan fingerprint density at radius 3 is 2.30 bits per heavy atom. The predicted octanol–water partition coefficient (Wildman–Crippen LogP) is 4.24. The highest BCUT2D eigenvalue weighted by Crippen LogP contribution is 2.22. The van der Waals surface area contributed by atoms with Crippen molar-refractivity contribution in [3.63, 3.8) is 0 Å². The van der Waals surface area contributed by atoms with Crippen LogP contribution in [0.5, 0.6) is 0 Å². The minimum atomic E-state index is 0. The molecule has 1 saturated heterocycles. The summed E-state index contributed by atoms with van der Waals surface area (Å²) in [7, 11) is 0. The molecule has 2 rings (SSSR count). The zero-order chi connectivity index (χ0) is 13.7. The maximum atomic E-state index is 6.04. The van der Waals surface area contributed by atoms with Crippen molar-refractivity contribution in [3.05, 3.63) is 33.8 Å². The van der Waals surface area contributed by atoms with Gasteiger partial charge in [0.25, 0.3) is 0 Å². The maximum absolute atomic E-state index is 6.04. The first-order chi connectivity index (χ1) is 9.17. The summed E-state index contributed by atoms with van der Waals surface area (Å²) in [6, 6.07) is 5.81. The van der Waals surface area contributed by atoms with Crippen LogP contribution in [-0.2, 0) is 6.54 Å². The number of hydrogen-bond acceptors (Lipinski definition) is 2. The van der Waals surface area contributed by atoms with Gasteiger partial charge in [-0.2, -0.15) is 0 Å². The van der Waals surface area contributed by atoms with Gasteiger partial charge < -0.3 is 5.32 Å². The molecule has 114 valence electrons. The molecular weight excluding hydrogens is 315 g/mol. The van der Waals surface area contributed by atoms with Gasteiger partial charge in [-0.1, -0.05) is 30.1 Å². The molecule has 0 aliphatic carbocycles. The van der Waals surface area contributed by atoms with Crippen LogP contribution in [0.4, 0.5) is 0 Å². The summed E-state index contributed by atoms with van der Waals surface area (Å²) >= 11 is 12.1. The summed E-state index contributed by atoms with van der Waals surface area (Å²) in [5.41, 5.74) is 1.21. The first-order valence-corrected chi connectivity index (χ1v) is 7.81. The Kier molecular flexibility index (Phi) is 8.23. The lowest BCUT2D eigenvalue weighted by atomic mass is 9.96. The van der Waals surface area contributed by atoms with Gasteiger partial charge in [-0.05, 0) is 68.7 Å². The predicted molar refractivity (Wildman–Crippen MR) is 90.3 cm³/mol. The largest absolute Gasteiger partial charge is 0.317 e. The number of nitrogens with zero attached hydrogens (tertiary/aromatic N) is 1. The quantitative estimate of drug-likeness (QED) is 0.864. The monoisotopic (exact) mass is 336 g/mol. The number of nitrogens with one attached hydrogen (secondary N) is 1. The Balaban J connectivity index is 0.00000200. The number of halogens is 3. The van der Waals surface area contributed by atoms with Gasteiger partial charge in [-0.15, -0.1) is 12.4 Å². The van der Waals surface area contributed by atoms with Gasteiger partial charge in [-0.3, -0.25) is 4.90 Å². The average molecular weight is 338 g/mol. The van der Waals surface area contributed by atoms with E-state index in [1.54, 1.807) is 6.07 Å². The SMILES string of the molecule is CCNCC1CCN(Cc2cc(Cl)cc(Cl)c2)CC1.Cl. The van der Waals surface area contributed by atoms with Crippen molar-refractivity contribution in [1.29, 1.82) is 0 Å². The Labute approximate surface area is 138 Å². The zero-order valence-electron chi connectivity index (χ0n) is 11.9. The Hall–Kier alpha value is 0.01000. The van der Waals surface area contributed by atoms with Gasteiger partial charge in [0.15, 0.2) is 0 Å². The van der Waals surface area contributed by atoms with Gasteiger partial charge in [-0.25, -0.2) is 0 Å². The van der Waals surface area contributed by atoms with Crippen molar-refractivity contribution in [1.82, 2.24) is 10.2 Å². The summed E-state index contributed by atoms with van der Waals surface area (Å²) in [4.78, 5) is 2.49. The molecule has 1 N–H and O–H groups in total. The highest BCUT2D eigenvalue weighted by molar-refractivity contribution is 6.34. The second-order valence-corrected chi connectivity index (χ2v) is 6.18. The van der Waals surface area contributed by atoms with E-state index in [0.717, 1.165) is 35.6 Å². The molecule has 0 saturated carbocycles. The van der Waals surface area contributed by atoms with Crippen molar-refractivity contribution < 1.29 is 0 Å². The van der Waals surface area contributed by atoms with E-state index in [9.17, 15) is 0 Å². The Morgan fingerprint density at radius 2 is 1.75 bits per heavy atom. The van der Waals surface area contributed by atoms with Crippen molar-refractivity contribution in [2.45, 2.75) is 26.3 Å². The number of benzene rings is 1. The van der Waals surface area contributed by atoms with Gasteiger partial charge in [0.1, 0.15) is 0 Å². The van der Waals surface area contributed by atoms with Gasteiger partial charge in [0.2, 0.25) is 0 Å². The van der Waals surface area contributed by atoms with Crippen LogP contribution in [0.1, 0.15) is 25.3 Å². The normalized spacial score (nSPS) is 16.9. The number of piperidine rings is 1. The zero-order valence-corrected chi connectivity index (χ0v) is 14.2. The topological polar surface area (TPSA) is 15.3 Å². The molecule has 2 nitrogen and oxygen atoms in total. The first kappa shape index (κ1) is 18.1. The molecular formula is C15H23Cl3N2. The van der Waals surface area contributed by atoms with Crippen LogP contribution < -0.4 is 5.32 Å². The van der Waals surface area contributed by atoms with Crippen molar-refractivity contribution in [2.24, 2.45) is 5.92 Å². The third-order valence-electron chi connectivity index (χ3n) is 3.72. The molecule has 0 amide bonds. The maximum Gasteiger partial charge on any atom is 0.0424 e. The van der Waals surface area contributed by atoms with Crippen LogP contribution in [0.15, 0.2) is 18.2 Å². The summed E-state index contributed by atoms with van der Waals surface area (Å²) in [5, 5.41) is 4.90. The molecule has 1 aliphatic heterocycles. The molecule has 1 aromatic carbocycles. The fourth-order valence-corrected chi connectivity index (χ4v) is 3.23. The molecule has 1 aliphatic rings. The second kappa shape index (κ2) is 9.11. The molecule has 1 heterocycles. The van der Waals surface area contributed by atoms with Crippen molar-refractivity contribution >= 4 is 35.6 Å². The van der Waals surface area contributed by atoms with Crippen molar-refractivity contribution in [3.8, 4) is 0 Å². The second-order valence-electron chi connectivity index (χ2n) is 5.30. The lowest BCUT2D eigenvalue weighted by molar-refractivity contribution is 0.176. The van der Waals surface area contributed by atoms with E-state index in [2.05, 4.69) is 17.1 Å². The van der Waals surface area contributed by atoms with E-state index in [1.807, 2.05) is 12.1 Å². The fraction of sp³-hybridized carbons (Fsp3) is 0.600. The number of likely N-dealkylation sites (tertiary alicyclic amines) is 1. The molecule has 1 aromatic rings. The summed E-state index contributed by atoms with van der Waals surface area (Å²) in [5.74, 6) is 0.833. The van der Waals surface area contributed by atoms with E-state index in [1.165, 1.54) is 31.5 Å². The Morgan fingerprint density at radius 1 is 1.15 bits per heavy atom. The molecule has 0 spiro atoms. The van der Waals surface area contributed by atoms with Crippen molar-refractivity contribution in [2.75, 3.05) is 26.2 Å². The highest BCUT2D eigenvalue weighted by atomic mass is 35.5. The number of hydrogen-bond donors (Lipinski definition) is 1. The molecule has 1 fully saturated rings. The molecule has 0 radical (unpaired) electrons. The van der Waals surface area contributed by atoms with Crippen LogP contribution in [0.25, 0.3) is 0 Å². The summed E-state index contributed by atoms with van der Waals surface area (Å²) in [6.45, 7) is 7.68. The number of rotatable bonds is 5. The average Bonchev–Trinajstić information content (AvgIpc) is 2.37. The van der Waals surface area contributed by atoms with Crippen LogP contribution >= 0.6 is 35.6 Å². The molecule has 0 unspecified atom stereocenters. The van der Waals surface area contributed by atoms with Crippen LogP contribution in [0, 0.1) is 5.92 Å². The molecule has 0 aromatic heterocycles. The van der Waals surface area contributed by atoms with Gasteiger partial charge in [0, 0.05) is 16.6 Å². The third kappa shape index (κ3) is 5.79. The van der Waals surface area contributed by atoms with E-state index in [-0.39, 0.29) is 12.4 Å². The molecule has 0 atom stereocenters. The molecule has 5 heteroatoms. The standard InChI is InChI=1S/C15H22Cl2N2.ClH/c1-2-18-10-12-3-5-19(6-4-12)11-13-7-14(16)9-15(17)8-13;/h7-9,12,18H,2-6,10-11H2,1H3;1H. The molecule has 0 bridgehead atoms. The highest BCUT2D eigenvalue weighted by Gasteiger charge is 2.18. The summed E-state index contributed by atoms with van der Waals surface area (Å²) < 4.78 is 0. The van der Waals surface area contributed by atoms with E-state index in [0.29, 0.717) is 0 Å². The minimum Gasteiger partial charge on any atom is -0.317 e. The van der Waals surface area contributed by atoms with Gasteiger partial charge >= 0.3 is 0 Å². The van der Waals surface area contributed by atoms with E-state index in [4.69, 9.17) is 23.2 Å². The first-order valence-electron chi connectivity index (χ1n) is 7.05. The van der Waals surface area contributed by atoms with Gasteiger partial charge in [0.05, 0.1) is 0 Å². The van der Waals surface area contributed by atoms with Crippen LogP contribution in [0.3, 0.4) is 0 Å². The van der Waals surface area contributed by atoms with E-state index < -0.39 is 0 Å². The van der Waals surface area contributed by atoms with Crippen LogP contribution in [-0.4, -0.2) is 31.1 Å². The summed E-state index contributed by atoms with van der Waals surface area (Å²) in [6.07, 6.45) is 2.56. The minimum absolute atomic E-state index is 0. The third-order valence-corrected chi connectivity index (χ3v) is 4.16. The van der Waals surface area contributed by atoms with E-state index >= 15 is 0 Å². The lowest BCUT2D eigenvalue weighted by Crippen LogP contribution is -2.36.